The molecule has 0 aliphatic heterocycles. The quantitative estimate of drug-likeness (QED) is 0.941. The van der Waals surface area contributed by atoms with Crippen LogP contribution in [0.15, 0.2) is 36.7 Å². The van der Waals surface area contributed by atoms with Gasteiger partial charge in [0.2, 0.25) is 0 Å². The normalized spacial score (nSPS) is 25.1. The van der Waals surface area contributed by atoms with E-state index in [1.54, 1.807) is 0 Å². The Bertz CT molecular complexity index is 619. The molecule has 1 aliphatic carbocycles. The molecule has 0 saturated carbocycles. The van der Waals surface area contributed by atoms with Crippen molar-refractivity contribution in [2.75, 3.05) is 7.05 Å². The Balaban J connectivity index is 1.82. The number of aromatic nitrogens is 2. The predicted octanol–water partition coefficient (Wildman–Crippen LogP) is 2.43. The largest absolute Gasteiger partial charge is 0.337 e. The molecule has 0 amide bonds. The molecule has 1 aromatic carbocycles. The Kier molecular flexibility index (Phi) is 3.83. The Hall–Kier alpha value is -1.65. The average molecular weight is 284 g/mol. The lowest BCUT2D eigenvalue weighted by Gasteiger charge is -2.40. The standard InChI is InChI=1S/C17H24N4/c1-12-10-15(17(18)14-7-5-4-6-13(12)14)21(3)11-16-19-8-9-20(16)2/h4-9,12,15,17H,10-11,18H2,1-3H3. The fourth-order valence-corrected chi connectivity index (χ4v) is 3.45. The molecule has 3 unspecified atom stereocenters. The first-order valence-corrected chi connectivity index (χ1v) is 7.58. The number of likely N-dealkylation sites (N-methyl/N-ethyl adjacent to an activating group) is 1. The van der Waals surface area contributed by atoms with Crippen LogP contribution in [0.4, 0.5) is 0 Å². The van der Waals surface area contributed by atoms with Gasteiger partial charge in [0.15, 0.2) is 0 Å². The summed E-state index contributed by atoms with van der Waals surface area (Å²) in [6.07, 6.45) is 4.93. The second kappa shape index (κ2) is 5.62. The van der Waals surface area contributed by atoms with Gasteiger partial charge in [-0.25, -0.2) is 4.98 Å². The van der Waals surface area contributed by atoms with Crippen molar-refractivity contribution in [2.24, 2.45) is 12.8 Å². The first-order valence-electron chi connectivity index (χ1n) is 7.58. The van der Waals surface area contributed by atoms with Gasteiger partial charge in [0.05, 0.1) is 6.54 Å². The van der Waals surface area contributed by atoms with Gasteiger partial charge in [-0.1, -0.05) is 31.2 Å². The molecule has 1 heterocycles. The van der Waals surface area contributed by atoms with Crippen LogP contribution < -0.4 is 5.73 Å². The molecular weight excluding hydrogens is 260 g/mol. The van der Waals surface area contributed by atoms with Crippen molar-refractivity contribution in [3.05, 3.63) is 53.6 Å². The van der Waals surface area contributed by atoms with Crippen LogP contribution in [0, 0.1) is 0 Å². The molecule has 4 nitrogen and oxygen atoms in total. The highest BCUT2D eigenvalue weighted by molar-refractivity contribution is 5.36. The van der Waals surface area contributed by atoms with E-state index in [9.17, 15) is 0 Å². The van der Waals surface area contributed by atoms with E-state index in [0.29, 0.717) is 12.0 Å². The summed E-state index contributed by atoms with van der Waals surface area (Å²) < 4.78 is 2.07. The van der Waals surface area contributed by atoms with Crippen molar-refractivity contribution in [2.45, 2.75) is 37.9 Å². The molecule has 21 heavy (non-hydrogen) atoms. The Labute approximate surface area is 126 Å². The van der Waals surface area contributed by atoms with Gasteiger partial charge in [0.25, 0.3) is 0 Å². The second-order valence-corrected chi connectivity index (χ2v) is 6.23. The summed E-state index contributed by atoms with van der Waals surface area (Å²) in [6, 6.07) is 9.02. The van der Waals surface area contributed by atoms with Crippen molar-refractivity contribution in [1.82, 2.24) is 14.5 Å². The number of aryl methyl sites for hydroxylation is 1. The van der Waals surface area contributed by atoms with Gasteiger partial charge in [-0.15, -0.1) is 0 Å². The Morgan fingerprint density at radius 1 is 1.33 bits per heavy atom. The molecule has 0 fully saturated rings. The van der Waals surface area contributed by atoms with Crippen LogP contribution in [0.3, 0.4) is 0 Å². The smallest absolute Gasteiger partial charge is 0.122 e. The molecule has 0 bridgehead atoms. The summed E-state index contributed by atoms with van der Waals surface area (Å²) in [6.45, 7) is 3.13. The first-order chi connectivity index (χ1) is 10.1. The van der Waals surface area contributed by atoms with Gasteiger partial charge in [0.1, 0.15) is 5.82 Å². The Morgan fingerprint density at radius 3 is 2.71 bits per heavy atom. The number of hydrogen-bond donors (Lipinski definition) is 1. The number of imidazole rings is 1. The van der Waals surface area contributed by atoms with Gasteiger partial charge in [0, 0.05) is 31.5 Å². The highest BCUT2D eigenvalue weighted by Crippen LogP contribution is 2.38. The lowest BCUT2D eigenvalue weighted by Crippen LogP contribution is -2.44. The van der Waals surface area contributed by atoms with E-state index in [0.717, 1.165) is 18.8 Å². The van der Waals surface area contributed by atoms with Crippen LogP contribution in [-0.2, 0) is 13.6 Å². The third kappa shape index (κ3) is 2.61. The van der Waals surface area contributed by atoms with Gasteiger partial charge in [-0.2, -0.15) is 0 Å². The molecule has 0 spiro atoms. The van der Waals surface area contributed by atoms with Crippen LogP contribution >= 0.6 is 0 Å². The van der Waals surface area contributed by atoms with Crippen molar-refractivity contribution < 1.29 is 0 Å². The summed E-state index contributed by atoms with van der Waals surface area (Å²) in [5, 5.41) is 0. The summed E-state index contributed by atoms with van der Waals surface area (Å²) in [5.41, 5.74) is 9.26. The molecule has 112 valence electrons. The minimum absolute atomic E-state index is 0.0719. The van der Waals surface area contributed by atoms with Gasteiger partial charge < -0.3 is 10.3 Å². The maximum atomic E-state index is 6.55. The van der Waals surface area contributed by atoms with Crippen molar-refractivity contribution >= 4 is 0 Å². The van der Waals surface area contributed by atoms with E-state index >= 15 is 0 Å². The molecule has 3 rings (SSSR count). The predicted molar refractivity (Wildman–Crippen MR) is 84.9 cm³/mol. The highest BCUT2D eigenvalue weighted by Gasteiger charge is 2.33. The van der Waals surface area contributed by atoms with Crippen molar-refractivity contribution in [1.29, 1.82) is 0 Å². The van der Waals surface area contributed by atoms with E-state index in [1.165, 1.54) is 11.1 Å². The number of hydrogen-bond acceptors (Lipinski definition) is 3. The molecule has 1 aromatic heterocycles. The van der Waals surface area contributed by atoms with E-state index in [2.05, 4.69) is 52.7 Å². The molecule has 0 saturated heterocycles. The van der Waals surface area contributed by atoms with E-state index < -0.39 is 0 Å². The topological polar surface area (TPSA) is 47.1 Å². The number of nitrogens with two attached hydrogens (primary N) is 1. The lowest BCUT2D eigenvalue weighted by atomic mass is 9.78. The van der Waals surface area contributed by atoms with Crippen LogP contribution in [0.5, 0.6) is 0 Å². The fraction of sp³-hybridized carbons (Fsp3) is 0.471. The monoisotopic (exact) mass is 284 g/mol. The maximum Gasteiger partial charge on any atom is 0.122 e. The molecular formula is C17H24N4. The van der Waals surface area contributed by atoms with E-state index in [-0.39, 0.29) is 6.04 Å². The molecule has 1 aliphatic rings. The van der Waals surface area contributed by atoms with E-state index in [4.69, 9.17) is 5.73 Å². The third-order valence-corrected chi connectivity index (χ3v) is 4.77. The summed E-state index contributed by atoms with van der Waals surface area (Å²) in [5.74, 6) is 1.63. The van der Waals surface area contributed by atoms with Gasteiger partial charge in [-0.05, 0) is 30.5 Å². The van der Waals surface area contributed by atoms with Crippen LogP contribution in [-0.4, -0.2) is 27.5 Å². The van der Waals surface area contributed by atoms with Crippen LogP contribution in [0.1, 0.15) is 42.3 Å². The van der Waals surface area contributed by atoms with Crippen molar-refractivity contribution in [3.8, 4) is 0 Å². The molecule has 2 aromatic rings. The minimum Gasteiger partial charge on any atom is -0.337 e. The zero-order valence-electron chi connectivity index (χ0n) is 13.0. The third-order valence-electron chi connectivity index (χ3n) is 4.77. The number of fused-ring (bicyclic) bond motifs is 1. The number of benzene rings is 1. The lowest BCUT2D eigenvalue weighted by molar-refractivity contribution is 0.170. The van der Waals surface area contributed by atoms with Crippen molar-refractivity contribution in [3.63, 3.8) is 0 Å². The number of nitrogens with zero attached hydrogens (tertiary/aromatic N) is 3. The van der Waals surface area contributed by atoms with Gasteiger partial charge >= 0.3 is 0 Å². The maximum absolute atomic E-state index is 6.55. The zero-order chi connectivity index (χ0) is 15.0. The SMILES string of the molecule is CC1CC(N(C)Cc2nccn2C)C(N)c2ccccc21. The highest BCUT2D eigenvalue weighted by atomic mass is 15.2. The zero-order valence-corrected chi connectivity index (χ0v) is 13.0. The summed E-state index contributed by atoms with van der Waals surface area (Å²) in [4.78, 5) is 6.77. The fourth-order valence-electron chi connectivity index (χ4n) is 3.45. The summed E-state index contributed by atoms with van der Waals surface area (Å²) >= 11 is 0. The second-order valence-electron chi connectivity index (χ2n) is 6.23. The molecule has 4 heteroatoms. The summed E-state index contributed by atoms with van der Waals surface area (Å²) in [7, 11) is 4.19. The number of rotatable bonds is 3. The average Bonchev–Trinajstić information content (AvgIpc) is 2.88. The van der Waals surface area contributed by atoms with Crippen LogP contribution in [0.25, 0.3) is 0 Å². The van der Waals surface area contributed by atoms with Crippen LogP contribution in [0.2, 0.25) is 0 Å². The van der Waals surface area contributed by atoms with E-state index in [1.807, 2.05) is 19.4 Å². The Morgan fingerprint density at radius 2 is 2.05 bits per heavy atom. The van der Waals surface area contributed by atoms with Gasteiger partial charge in [-0.3, -0.25) is 4.90 Å². The molecule has 0 radical (unpaired) electrons. The minimum atomic E-state index is 0.0719. The molecule has 2 N–H and O–H groups in total. The first kappa shape index (κ1) is 14.3. The molecule has 3 atom stereocenters.